The summed E-state index contributed by atoms with van der Waals surface area (Å²) in [6, 6.07) is 0. The quantitative estimate of drug-likeness (QED) is 0.601. The zero-order valence-electron chi connectivity index (χ0n) is 8.51. The molecule has 0 aliphatic heterocycles. The number of carbonyl (C=O) groups excluding carboxylic acids is 1. The van der Waals surface area contributed by atoms with Gasteiger partial charge in [-0.05, 0) is 12.8 Å². The second-order valence-electron chi connectivity index (χ2n) is 3.48. The first-order chi connectivity index (χ1) is 6.06. The highest BCUT2D eigenvalue weighted by atomic mass is 16.4. The minimum atomic E-state index is -1.60. The number of unbranched alkanes of at least 4 members (excludes halogenated alkanes) is 3. The molecule has 0 aromatic carbocycles. The number of hydrogen-bond donors (Lipinski definition) is 1. The van der Waals surface area contributed by atoms with Crippen LogP contribution in [0.15, 0.2) is 0 Å². The van der Waals surface area contributed by atoms with Crippen molar-refractivity contribution in [3.63, 3.8) is 0 Å². The summed E-state index contributed by atoms with van der Waals surface area (Å²) in [5, 5.41) is 20.1. The first-order valence-corrected chi connectivity index (χ1v) is 5.00. The molecule has 0 rings (SSSR count). The zero-order valence-corrected chi connectivity index (χ0v) is 8.51. The van der Waals surface area contributed by atoms with E-state index in [1.807, 2.05) is 0 Å². The Balaban J connectivity index is 3.78. The third-order valence-corrected chi connectivity index (χ3v) is 2.41. The molecule has 0 aliphatic carbocycles. The van der Waals surface area contributed by atoms with Crippen LogP contribution in [-0.2, 0) is 4.79 Å². The summed E-state index contributed by atoms with van der Waals surface area (Å²) < 4.78 is 0. The molecule has 1 unspecified atom stereocenters. The van der Waals surface area contributed by atoms with E-state index < -0.39 is 11.6 Å². The Hall–Kier alpha value is -0.570. The molecule has 0 fully saturated rings. The van der Waals surface area contributed by atoms with E-state index in [0.29, 0.717) is 6.42 Å². The van der Waals surface area contributed by atoms with Crippen molar-refractivity contribution in [2.24, 2.45) is 0 Å². The maximum atomic E-state index is 10.6. The van der Waals surface area contributed by atoms with Gasteiger partial charge in [0.2, 0.25) is 0 Å². The van der Waals surface area contributed by atoms with Crippen LogP contribution in [0.4, 0.5) is 0 Å². The molecule has 0 aromatic heterocycles. The number of aliphatic carboxylic acids is 1. The lowest BCUT2D eigenvalue weighted by molar-refractivity contribution is -0.325. The summed E-state index contributed by atoms with van der Waals surface area (Å²) in [6.45, 7) is 3.75. The van der Waals surface area contributed by atoms with Crippen LogP contribution >= 0.6 is 0 Å². The Bertz CT molecular complexity index is 156. The van der Waals surface area contributed by atoms with Crippen LogP contribution in [0.25, 0.3) is 0 Å². The molecule has 0 heterocycles. The lowest BCUT2D eigenvalue weighted by Crippen LogP contribution is -2.47. The summed E-state index contributed by atoms with van der Waals surface area (Å²) in [7, 11) is 0. The van der Waals surface area contributed by atoms with Gasteiger partial charge in [-0.2, -0.15) is 0 Å². The van der Waals surface area contributed by atoms with Crippen molar-refractivity contribution < 1.29 is 15.0 Å². The van der Waals surface area contributed by atoms with Gasteiger partial charge in [0, 0.05) is 0 Å². The molecule has 0 saturated carbocycles. The van der Waals surface area contributed by atoms with Gasteiger partial charge in [-0.1, -0.05) is 39.5 Å². The lowest BCUT2D eigenvalue weighted by Gasteiger charge is -2.27. The van der Waals surface area contributed by atoms with Crippen LogP contribution in [0, 0.1) is 0 Å². The molecule has 0 radical (unpaired) electrons. The van der Waals surface area contributed by atoms with E-state index in [9.17, 15) is 15.0 Å². The third kappa shape index (κ3) is 4.27. The minimum Gasteiger partial charge on any atom is -0.547 e. The fourth-order valence-electron chi connectivity index (χ4n) is 1.27. The van der Waals surface area contributed by atoms with Crippen LogP contribution in [0.3, 0.4) is 0 Å². The Kier molecular flexibility index (Phi) is 5.71. The molecule has 1 atom stereocenters. The average molecular weight is 187 g/mol. The van der Waals surface area contributed by atoms with Gasteiger partial charge in [-0.25, -0.2) is 0 Å². The standard InChI is InChI=1S/C10H20O3/c1-3-5-6-7-8-10(13,4-2)9(11)12/h13H,3-8H2,1-2H3,(H,11,12)/p-1. The van der Waals surface area contributed by atoms with Crippen molar-refractivity contribution >= 4 is 5.97 Å². The van der Waals surface area contributed by atoms with Gasteiger partial charge in [0.1, 0.15) is 5.60 Å². The predicted molar refractivity (Wildman–Crippen MR) is 49.0 cm³/mol. The number of hydrogen-bond acceptors (Lipinski definition) is 3. The normalized spacial score (nSPS) is 15.3. The van der Waals surface area contributed by atoms with Gasteiger partial charge in [0.05, 0.1) is 5.97 Å². The highest BCUT2D eigenvalue weighted by Gasteiger charge is 2.25. The van der Waals surface area contributed by atoms with Crippen molar-refractivity contribution in [3.05, 3.63) is 0 Å². The minimum absolute atomic E-state index is 0.224. The maximum absolute atomic E-state index is 10.6. The number of carbonyl (C=O) groups is 1. The second kappa shape index (κ2) is 5.97. The van der Waals surface area contributed by atoms with E-state index in [1.54, 1.807) is 6.92 Å². The van der Waals surface area contributed by atoms with Gasteiger partial charge in [-0.15, -0.1) is 0 Å². The van der Waals surface area contributed by atoms with Crippen LogP contribution in [0.5, 0.6) is 0 Å². The molecule has 0 saturated heterocycles. The lowest BCUT2D eigenvalue weighted by atomic mass is 9.93. The predicted octanol–water partition coefficient (Wildman–Crippen LogP) is 0.848. The van der Waals surface area contributed by atoms with Gasteiger partial charge >= 0.3 is 0 Å². The molecule has 0 bridgehead atoms. The zero-order chi connectivity index (χ0) is 10.3. The van der Waals surface area contributed by atoms with E-state index >= 15 is 0 Å². The van der Waals surface area contributed by atoms with Crippen LogP contribution < -0.4 is 5.11 Å². The van der Waals surface area contributed by atoms with E-state index in [4.69, 9.17) is 0 Å². The van der Waals surface area contributed by atoms with Crippen molar-refractivity contribution in [2.45, 2.75) is 58.0 Å². The fourth-order valence-corrected chi connectivity index (χ4v) is 1.27. The van der Waals surface area contributed by atoms with Gasteiger partial charge in [-0.3, -0.25) is 0 Å². The Morgan fingerprint density at radius 3 is 2.31 bits per heavy atom. The summed E-state index contributed by atoms with van der Waals surface area (Å²) in [5.41, 5.74) is -1.60. The smallest absolute Gasteiger partial charge is 0.104 e. The largest absolute Gasteiger partial charge is 0.547 e. The highest BCUT2D eigenvalue weighted by molar-refractivity contribution is 5.74. The van der Waals surface area contributed by atoms with E-state index in [2.05, 4.69) is 6.92 Å². The fraction of sp³-hybridized carbons (Fsp3) is 0.900. The van der Waals surface area contributed by atoms with E-state index in [0.717, 1.165) is 25.7 Å². The molecular weight excluding hydrogens is 168 g/mol. The first kappa shape index (κ1) is 12.4. The van der Waals surface area contributed by atoms with Gasteiger partial charge < -0.3 is 15.0 Å². The van der Waals surface area contributed by atoms with E-state index in [1.165, 1.54) is 0 Å². The summed E-state index contributed by atoms with van der Waals surface area (Å²) in [5.74, 6) is -1.34. The molecule has 0 amide bonds. The van der Waals surface area contributed by atoms with Crippen LogP contribution in [0.1, 0.15) is 52.4 Å². The second-order valence-corrected chi connectivity index (χ2v) is 3.48. The maximum Gasteiger partial charge on any atom is 0.104 e. The van der Waals surface area contributed by atoms with Crippen molar-refractivity contribution in [1.82, 2.24) is 0 Å². The van der Waals surface area contributed by atoms with Gasteiger partial charge in [0.25, 0.3) is 0 Å². The average Bonchev–Trinajstić information content (AvgIpc) is 2.12. The summed E-state index contributed by atoms with van der Waals surface area (Å²) >= 11 is 0. The van der Waals surface area contributed by atoms with Crippen molar-refractivity contribution in [2.75, 3.05) is 0 Å². The first-order valence-electron chi connectivity index (χ1n) is 5.00. The molecule has 3 nitrogen and oxygen atoms in total. The highest BCUT2D eigenvalue weighted by Crippen LogP contribution is 2.18. The molecule has 78 valence electrons. The monoisotopic (exact) mass is 187 g/mol. The summed E-state index contributed by atoms with van der Waals surface area (Å²) in [6.07, 6.45) is 4.47. The topological polar surface area (TPSA) is 60.4 Å². The Labute approximate surface area is 79.8 Å². The Morgan fingerprint density at radius 1 is 1.31 bits per heavy atom. The number of rotatable bonds is 7. The van der Waals surface area contributed by atoms with Crippen molar-refractivity contribution in [3.8, 4) is 0 Å². The van der Waals surface area contributed by atoms with Gasteiger partial charge in [0.15, 0.2) is 0 Å². The summed E-state index contributed by atoms with van der Waals surface area (Å²) in [4.78, 5) is 10.6. The molecule has 1 N–H and O–H groups in total. The third-order valence-electron chi connectivity index (χ3n) is 2.41. The molecular formula is C10H19O3-. The molecule has 3 heteroatoms. The van der Waals surface area contributed by atoms with Crippen molar-refractivity contribution in [1.29, 1.82) is 0 Å². The Morgan fingerprint density at radius 2 is 1.92 bits per heavy atom. The molecule has 0 spiro atoms. The SMILES string of the molecule is CCCCCCC(O)(CC)C(=O)[O-]. The number of carboxylic acid groups (broad SMARTS) is 1. The van der Waals surface area contributed by atoms with Crippen LogP contribution in [-0.4, -0.2) is 16.7 Å². The molecule has 0 aromatic rings. The molecule has 13 heavy (non-hydrogen) atoms. The molecule has 0 aliphatic rings. The van der Waals surface area contributed by atoms with Crippen LogP contribution in [0.2, 0.25) is 0 Å². The number of aliphatic hydroxyl groups is 1. The van der Waals surface area contributed by atoms with E-state index in [-0.39, 0.29) is 6.42 Å². The number of carboxylic acids is 1.